The highest BCUT2D eigenvalue weighted by atomic mass is 16.5. The first kappa shape index (κ1) is 22.4. The number of hydrogen-bond acceptors (Lipinski definition) is 3. The van der Waals surface area contributed by atoms with Crippen LogP contribution in [0.2, 0.25) is 0 Å². The first-order valence-electron chi connectivity index (χ1n) is 8.85. The van der Waals surface area contributed by atoms with Crippen LogP contribution in [0.3, 0.4) is 0 Å². The third kappa shape index (κ3) is 11.0. The molecule has 0 aromatic heterocycles. The van der Waals surface area contributed by atoms with Crippen LogP contribution in [-0.4, -0.2) is 18.9 Å². The molecular formula is C21H34O3. The minimum atomic E-state index is -0.454. The molecule has 0 bridgehead atoms. The van der Waals surface area contributed by atoms with E-state index in [1.54, 1.807) is 0 Å². The Labute approximate surface area is 147 Å². The first-order valence-corrected chi connectivity index (χ1v) is 8.85. The van der Waals surface area contributed by atoms with E-state index in [2.05, 4.69) is 32.9 Å². The highest BCUT2D eigenvalue weighted by molar-refractivity contribution is 5.85. The van der Waals surface area contributed by atoms with E-state index in [0.717, 1.165) is 31.3 Å². The van der Waals surface area contributed by atoms with E-state index in [9.17, 15) is 9.59 Å². The summed E-state index contributed by atoms with van der Waals surface area (Å²) in [5.41, 5.74) is 3.88. The third-order valence-electron chi connectivity index (χ3n) is 3.95. The maximum atomic E-state index is 11.8. The molecule has 0 fully saturated rings. The lowest BCUT2D eigenvalue weighted by molar-refractivity contribution is -0.145. The second-order valence-electron chi connectivity index (χ2n) is 6.65. The maximum Gasteiger partial charge on any atom is 0.312 e. The number of ether oxygens (including phenoxy) is 1. The van der Waals surface area contributed by atoms with Crippen LogP contribution in [0.25, 0.3) is 0 Å². The van der Waals surface area contributed by atoms with E-state index in [1.807, 2.05) is 19.9 Å². The van der Waals surface area contributed by atoms with Crippen molar-refractivity contribution in [1.29, 1.82) is 0 Å². The van der Waals surface area contributed by atoms with Gasteiger partial charge in [-0.15, -0.1) is 0 Å². The number of rotatable bonds is 11. The molecule has 136 valence electrons. The molecule has 0 aliphatic carbocycles. The fraction of sp³-hybridized carbons (Fsp3) is 0.619. The normalized spacial score (nSPS) is 13.4. The fourth-order valence-electron chi connectivity index (χ4n) is 2.41. The number of esters is 1. The van der Waals surface area contributed by atoms with Crippen LogP contribution >= 0.6 is 0 Å². The molecule has 24 heavy (non-hydrogen) atoms. The lowest BCUT2D eigenvalue weighted by Gasteiger charge is -2.11. The molecule has 0 saturated heterocycles. The Morgan fingerprint density at radius 2 is 1.54 bits per heavy atom. The number of ketones is 1. The second-order valence-corrected chi connectivity index (χ2v) is 6.65. The zero-order valence-electron chi connectivity index (χ0n) is 16.3. The van der Waals surface area contributed by atoms with Gasteiger partial charge in [-0.2, -0.15) is 0 Å². The minimum absolute atomic E-state index is 0.0875. The molecule has 0 rings (SSSR count). The Balaban J connectivity index is 4.55. The van der Waals surface area contributed by atoms with Gasteiger partial charge in [0, 0.05) is 12.8 Å². The molecule has 3 heteroatoms. The molecule has 0 heterocycles. The number of methoxy groups -OCH3 is 1. The van der Waals surface area contributed by atoms with Crippen LogP contribution < -0.4 is 0 Å². The molecular weight excluding hydrogens is 300 g/mol. The summed E-state index contributed by atoms with van der Waals surface area (Å²) < 4.78 is 4.81. The molecule has 0 radical (unpaired) electrons. The first-order chi connectivity index (χ1) is 11.3. The van der Waals surface area contributed by atoms with Crippen LogP contribution in [0.15, 0.2) is 34.9 Å². The average molecular weight is 335 g/mol. The molecule has 3 nitrogen and oxygen atoms in total. The second kappa shape index (κ2) is 12.7. The van der Waals surface area contributed by atoms with E-state index >= 15 is 0 Å². The lowest BCUT2D eigenvalue weighted by Crippen LogP contribution is -2.18. The molecule has 0 N–H and O–H groups in total. The minimum Gasteiger partial charge on any atom is -0.469 e. The Morgan fingerprint density at radius 1 is 0.958 bits per heavy atom. The summed E-state index contributed by atoms with van der Waals surface area (Å²) in [6, 6.07) is 0. The fourth-order valence-corrected chi connectivity index (χ4v) is 2.41. The van der Waals surface area contributed by atoms with Gasteiger partial charge in [0.15, 0.2) is 0 Å². The van der Waals surface area contributed by atoms with Crippen molar-refractivity contribution in [2.75, 3.05) is 7.11 Å². The molecule has 0 aliphatic heterocycles. The van der Waals surface area contributed by atoms with Gasteiger partial charge in [0.2, 0.25) is 0 Å². The molecule has 0 aromatic carbocycles. The third-order valence-corrected chi connectivity index (χ3v) is 3.95. The van der Waals surface area contributed by atoms with Gasteiger partial charge in [-0.25, -0.2) is 0 Å². The molecule has 0 saturated carbocycles. The summed E-state index contributed by atoms with van der Waals surface area (Å²) in [6.07, 6.45) is 11.1. The Morgan fingerprint density at radius 3 is 2.08 bits per heavy atom. The Hall–Kier alpha value is -1.64. The van der Waals surface area contributed by atoms with Gasteiger partial charge in [0.1, 0.15) is 5.78 Å². The van der Waals surface area contributed by atoms with E-state index in [0.29, 0.717) is 6.42 Å². The smallest absolute Gasteiger partial charge is 0.312 e. The van der Waals surface area contributed by atoms with Crippen molar-refractivity contribution >= 4 is 11.8 Å². The summed E-state index contributed by atoms with van der Waals surface area (Å²) in [6.45, 7) is 10.2. The maximum absolute atomic E-state index is 11.8. The van der Waals surface area contributed by atoms with Crippen LogP contribution in [0.1, 0.15) is 73.1 Å². The summed E-state index contributed by atoms with van der Waals surface area (Å²) in [5.74, 6) is -0.695. The van der Waals surface area contributed by atoms with Crippen molar-refractivity contribution < 1.29 is 14.3 Å². The highest BCUT2D eigenvalue weighted by Gasteiger charge is 2.19. The number of carbonyl (C=O) groups excluding carboxylic acids is 2. The van der Waals surface area contributed by atoms with Gasteiger partial charge >= 0.3 is 5.97 Å². The standard InChI is InChI=1S/C21H34O3/c1-7-20(22)15-19(21(23)24-6)14-18(5)13-9-12-17(4)11-8-10-16(2)3/h10,12,14,19H,7-9,11,13,15H2,1-6H3. The summed E-state index contributed by atoms with van der Waals surface area (Å²) in [4.78, 5) is 23.4. The van der Waals surface area contributed by atoms with E-state index in [4.69, 9.17) is 4.74 Å². The number of Topliss-reactive ketones (excluding diaryl/α,β-unsaturated/α-hetero) is 1. The zero-order valence-corrected chi connectivity index (χ0v) is 16.3. The van der Waals surface area contributed by atoms with Crippen molar-refractivity contribution in [2.45, 2.75) is 73.1 Å². The van der Waals surface area contributed by atoms with Crippen molar-refractivity contribution in [3.8, 4) is 0 Å². The molecule has 0 aromatic rings. The highest BCUT2D eigenvalue weighted by Crippen LogP contribution is 2.16. The van der Waals surface area contributed by atoms with Gasteiger partial charge in [-0.1, -0.05) is 41.9 Å². The average Bonchev–Trinajstić information content (AvgIpc) is 2.52. The van der Waals surface area contributed by atoms with E-state index < -0.39 is 5.92 Å². The summed E-state index contributed by atoms with van der Waals surface area (Å²) >= 11 is 0. The van der Waals surface area contributed by atoms with Gasteiger partial charge in [-0.3, -0.25) is 9.59 Å². The van der Waals surface area contributed by atoms with Crippen LogP contribution in [-0.2, 0) is 14.3 Å². The van der Waals surface area contributed by atoms with Gasteiger partial charge in [0.05, 0.1) is 13.0 Å². The SMILES string of the molecule is CCC(=O)CC(C=C(C)CCC=C(C)CCC=C(C)C)C(=O)OC. The van der Waals surface area contributed by atoms with Crippen LogP contribution in [0.5, 0.6) is 0 Å². The topological polar surface area (TPSA) is 43.4 Å². The number of hydrogen-bond donors (Lipinski definition) is 0. The Kier molecular flexibility index (Phi) is 11.9. The predicted octanol–water partition coefficient (Wildman–Crippen LogP) is 5.56. The largest absolute Gasteiger partial charge is 0.469 e. The van der Waals surface area contributed by atoms with E-state index in [-0.39, 0.29) is 18.2 Å². The van der Waals surface area contributed by atoms with Gasteiger partial charge in [0.25, 0.3) is 0 Å². The van der Waals surface area contributed by atoms with Crippen molar-refractivity contribution in [1.82, 2.24) is 0 Å². The molecule has 0 amide bonds. The lowest BCUT2D eigenvalue weighted by atomic mass is 9.97. The quantitative estimate of drug-likeness (QED) is 0.367. The molecule has 0 spiro atoms. The summed E-state index contributed by atoms with van der Waals surface area (Å²) in [5, 5.41) is 0. The summed E-state index contributed by atoms with van der Waals surface area (Å²) in [7, 11) is 1.37. The van der Waals surface area contributed by atoms with Crippen LogP contribution in [0.4, 0.5) is 0 Å². The molecule has 1 unspecified atom stereocenters. The van der Waals surface area contributed by atoms with Crippen molar-refractivity contribution in [3.05, 3.63) is 34.9 Å². The predicted molar refractivity (Wildman–Crippen MR) is 101 cm³/mol. The van der Waals surface area contributed by atoms with Crippen molar-refractivity contribution in [2.24, 2.45) is 5.92 Å². The molecule has 0 aliphatic rings. The molecule has 1 atom stereocenters. The number of carbonyl (C=O) groups is 2. The monoisotopic (exact) mass is 334 g/mol. The van der Waals surface area contributed by atoms with Gasteiger partial charge < -0.3 is 4.74 Å². The van der Waals surface area contributed by atoms with Crippen LogP contribution in [0, 0.1) is 5.92 Å². The van der Waals surface area contributed by atoms with E-state index in [1.165, 1.54) is 18.3 Å². The Bertz CT molecular complexity index is 491. The van der Waals surface area contributed by atoms with Crippen molar-refractivity contribution in [3.63, 3.8) is 0 Å². The van der Waals surface area contributed by atoms with Gasteiger partial charge in [-0.05, 0) is 53.4 Å². The number of allylic oxidation sites excluding steroid dienone is 5. The zero-order chi connectivity index (χ0) is 18.5.